The molecule has 0 bridgehead atoms. The molecule has 1 aromatic carbocycles. The van der Waals surface area contributed by atoms with Crippen LogP contribution in [-0.4, -0.2) is 23.4 Å². The summed E-state index contributed by atoms with van der Waals surface area (Å²) >= 11 is 0. The first-order chi connectivity index (χ1) is 9.75. The summed E-state index contributed by atoms with van der Waals surface area (Å²) in [6.07, 6.45) is -4.17. The average molecular weight is 304 g/mol. The third kappa shape index (κ3) is 3.02. The van der Waals surface area contributed by atoms with Gasteiger partial charge in [0.15, 0.2) is 0 Å². The Morgan fingerprint density at radius 2 is 2.05 bits per heavy atom. The van der Waals surface area contributed by atoms with E-state index >= 15 is 0 Å². The number of carbonyl (C=O) groups excluding carboxylic acids is 1. The fourth-order valence-electron chi connectivity index (χ4n) is 2.78. The first kappa shape index (κ1) is 15.8. The lowest BCUT2D eigenvalue weighted by molar-refractivity contribution is -0.143. The molecule has 1 fully saturated rings. The Bertz CT molecular complexity index is 544. The molecule has 0 radical (unpaired) electrons. The second-order valence-electron chi connectivity index (χ2n) is 5.06. The summed E-state index contributed by atoms with van der Waals surface area (Å²) in [7, 11) is 0. The molecule has 0 spiro atoms. The molecule has 2 rings (SSSR count). The largest absolute Gasteiger partial charge is 0.416 e. The van der Waals surface area contributed by atoms with E-state index in [-0.39, 0.29) is 24.4 Å². The van der Waals surface area contributed by atoms with Gasteiger partial charge in [0.2, 0.25) is 5.91 Å². The molecule has 0 saturated carbocycles. The third-order valence-corrected chi connectivity index (χ3v) is 3.73. The van der Waals surface area contributed by atoms with Gasteiger partial charge in [0, 0.05) is 19.0 Å². The summed E-state index contributed by atoms with van der Waals surface area (Å²) in [5, 5.41) is 0. The molecule has 7 heteroatoms. The molecule has 3 nitrogen and oxygen atoms in total. The maximum atomic E-state index is 13.2. The second-order valence-corrected chi connectivity index (χ2v) is 5.06. The van der Waals surface area contributed by atoms with Crippen LogP contribution in [0.25, 0.3) is 0 Å². The topological polar surface area (TPSA) is 46.3 Å². The minimum Gasteiger partial charge on any atom is -0.334 e. The SMILES string of the molecule is CCN1C(=O)CCC(N)C1c1ccc(F)cc1C(F)(F)F. The highest BCUT2D eigenvalue weighted by Gasteiger charge is 2.41. The van der Waals surface area contributed by atoms with Crippen molar-refractivity contribution in [3.05, 3.63) is 35.1 Å². The van der Waals surface area contributed by atoms with E-state index in [1.165, 1.54) is 4.90 Å². The summed E-state index contributed by atoms with van der Waals surface area (Å²) < 4.78 is 52.6. The van der Waals surface area contributed by atoms with E-state index in [4.69, 9.17) is 5.73 Å². The van der Waals surface area contributed by atoms with Crippen LogP contribution in [0.15, 0.2) is 18.2 Å². The maximum Gasteiger partial charge on any atom is 0.416 e. The molecule has 1 amide bonds. The van der Waals surface area contributed by atoms with Gasteiger partial charge in [-0.1, -0.05) is 6.07 Å². The van der Waals surface area contributed by atoms with Crippen molar-refractivity contribution >= 4 is 5.91 Å². The molecule has 1 saturated heterocycles. The molecule has 1 aliphatic rings. The zero-order chi connectivity index (χ0) is 15.8. The van der Waals surface area contributed by atoms with Crippen molar-refractivity contribution in [3.63, 3.8) is 0 Å². The minimum atomic E-state index is -4.70. The van der Waals surface area contributed by atoms with Crippen LogP contribution in [0.3, 0.4) is 0 Å². The van der Waals surface area contributed by atoms with Crippen LogP contribution in [0.5, 0.6) is 0 Å². The molecule has 1 aliphatic heterocycles. The highest BCUT2D eigenvalue weighted by atomic mass is 19.4. The zero-order valence-electron chi connectivity index (χ0n) is 11.5. The molecule has 2 unspecified atom stereocenters. The van der Waals surface area contributed by atoms with Crippen LogP contribution in [0.4, 0.5) is 17.6 Å². The smallest absolute Gasteiger partial charge is 0.334 e. The van der Waals surface area contributed by atoms with Crippen LogP contribution in [0.1, 0.15) is 36.9 Å². The lowest BCUT2D eigenvalue weighted by atomic mass is 9.87. The summed E-state index contributed by atoms with van der Waals surface area (Å²) in [6.45, 7) is 1.94. The van der Waals surface area contributed by atoms with E-state index < -0.39 is 29.6 Å². The van der Waals surface area contributed by atoms with Crippen molar-refractivity contribution in [1.82, 2.24) is 4.90 Å². The van der Waals surface area contributed by atoms with E-state index in [1.807, 2.05) is 0 Å². The van der Waals surface area contributed by atoms with E-state index in [2.05, 4.69) is 0 Å². The van der Waals surface area contributed by atoms with Crippen LogP contribution in [0, 0.1) is 5.82 Å². The standard InChI is InChI=1S/C14H16F4N2O/c1-2-20-12(21)6-5-11(19)13(20)9-4-3-8(15)7-10(9)14(16,17)18/h3-4,7,11,13H,2,5-6,19H2,1H3. The number of amides is 1. The Morgan fingerprint density at radius 3 is 2.62 bits per heavy atom. The third-order valence-electron chi connectivity index (χ3n) is 3.73. The predicted molar refractivity (Wildman–Crippen MR) is 68.7 cm³/mol. The number of alkyl halides is 3. The number of halogens is 4. The van der Waals surface area contributed by atoms with Gasteiger partial charge in [-0.3, -0.25) is 4.79 Å². The van der Waals surface area contributed by atoms with Crippen molar-refractivity contribution in [2.75, 3.05) is 6.54 Å². The first-order valence-electron chi connectivity index (χ1n) is 6.67. The number of piperidine rings is 1. The van der Waals surface area contributed by atoms with Crippen molar-refractivity contribution in [2.45, 2.75) is 38.0 Å². The van der Waals surface area contributed by atoms with E-state index in [9.17, 15) is 22.4 Å². The van der Waals surface area contributed by atoms with Crippen molar-refractivity contribution in [2.24, 2.45) is 5.73 Å². The molecule has 1 heterocycles. The van der Waals surface area contributed by atoms with Gasteiger partial charge in [0.1, 0.15) is 5.82 Å². The van der Waals surface area contributed by atoms with Crippen LogP contribution < -0.4 is 5.73 Å². The molecular weight excluding hydrogens is 288 g/mol. The Labute approximate surface area is 119 Å². The Morgan fingerprint density at radius 1 is 1.38 bits per heavy atom. The van der Waals surface area contributed by atoms with Crippen LogP contribution >= 0.6 is 0 Å². The monoisotopic (exact) mass is 304 g/mol. The van der Waals surface area contributed by atoms with Gasteiger partial charge >= 0.3 is 6.18 Å². The number of nitrogens with zero attached hydrogens (tertiary/aromatic N) is 1. The van der Waals surface area contributed by atoms with Gasteiger partial charge in [-0.2, -0.15) is 13.2 Å². The molecule has 1 aromatic rings. The molecule has 116 valence electrons. The fourth-order valence-corrected chi connectivity index (χ4v) is 2.78. The van der Waals surface area contributed by atoms with Crippen LogP contribution in [-0.2, 0) is 11.0 Å². The highest BCUT2D eigenvalue weighted by Crippen LogP contribution is 2.39. The van der Waals surface area contributed by atoms with Gasteiger partial charge in [-0.15, -0.1) is 0 Å². The Hall–Kier alpha value is -1.63. The van der Waals surface area contributed by atoms with Gasteiger partial charge in [0.05, 0.1) is 11.6 Å². The van der Waals surface area contributed by atoms with Crippen molar-refractivity contribution < 1.29 is 22.4 Å². The average Bonchev–Trinajstić information content (AvgIpc) is 2.40. The fraction of sp³-hybridized carbons (Fsp3) is 0.500. The Kier molecular flexibility index (Phi) is 4.22. The maximum absolute atomic E-state index is 13.2. The number of hydrogen-bond donors (Lipinski definition) is 1. The van der Waals surface area contributed by atoms with Gasteiger partial charge in [-0.25, -0.2) is 4.39 Å². The number of benzene rings is 1. The zero-order valence-corrected chi connectivity index (χ0v) is 11.5. The first-order valence-corrected chi connectivity index (χ1v) is 6.67. The lowest BCUT2D eigenvalue weighted by Crippen LogP contribution is -2.49. The number of hydrogen-bond acceptors (Lipinski definition) is 2. The summed E-state index contributed by atoms with van der Waals surface area (Å²) in [5.41, 5.74) is 4.71. The van der Waals surface area contributed by atoms with Gasteiger partial charge < -0.3 is 10.6 Å². The Balaban J connectivity index is 2.55. The van der Waals surface area contributed by atoms with Gasteiger partial charge in [0.25, 0.3) is 0 Å². The van der Waals surface area contributed by atoms with E-state index in [1.54, 1.807) is 6.92 Å². The lowest BCUT2D eigenvalue weighted by Gasteiger charge is -2.40. The van der Waals surface area contributed by atoms with Gasteiger partial charge in [-0.05, 0) is 31.0 Å². The van der Waals surface area contributed by atoms with Crippen LogP contribution in [0.2, 0.25) is 0 Å². The molecule has 0 aromatic heterocycles. The number of likely N-dealkylation sites (tertiary alicyclic amines) is 1. The second kappa shape index (κ2) is 5.63. The molecular formula is C14H16F4N2O. The highest BCUT2D eigenvalue weighted by molar-refractivity contribution is 5.78. The molecule has 2 N–H and O–H groups in total. The summed E-state index contributed by atoms with van der Waals surface area (Å²) in [5.74, 6) is -1.20. The molecule has 21 heavy (non-hydrogen) atoms. The molecule has 0 aliphatic carbocycles. The quantitative estimate of drug-likeness (QED) is 0.854. The van der Waals surface area contributed by atoms with Crippen molar-refractivity contribution in [3.8, 4) is 0 Å². The number of rotatable bonds is 2. The minimum absolute atomic E-state index is 0.147. The van der Waals surface area contributed by atoms with E-state index in [0.29, 0.717) is 12.5 Å². The number of carbonyl (C=O) groups is 1. The number of nitrogens with two attached hydrogens (primary N) is 1. The summed E-state index contributed by atoms with van der Waals surface area (Å²) in [6, 6.07) is 1.01. The predicted octanol–water partition coefficient (Wildman–Crippen LogP) is 2.86. The van der Waals surface area contributed by atoms with E-state index in [0.717, 1.165) is 12.1 Å². The molecule has 2 atom stereocenters. The summed E-state index contributed by atoms with van der Waals surface area (Å²) in [4.78, 5) is 13.2. The normalized spacial score (nSPS) is 23.5. The number of likely N-dealkylation sites (N-methyl/N-ethyl adjacent to an activating group) is 1. The van der Waals surface area contributed by atoms with Crippen molar-refractivity contribution in [1.29, 1.82) is 0 Å².